The largest absolute Gasteiger partial charge is 0.262 e. The Labute approximate surface area is 77.7 Å². The summed E-state index contributed by atoms with van der Waals surface area (Å²) >= 11 is 1.52. The van der Waals surface area contributed by atoms with Gasteiger partial charge in [-0.2, -0.15) is 0 Å². The molecule has 2 heterocycles. The summed E-state index contributed by atoms with van der Waals surface area (Å²) < 4.78 is 1.07. The van der Waals surface area contributed by atoms with Crippen molar-refractivity contribution in [1.82, 2.24) is 9.97 Å². The molecule has 0 aliphatic rings. The van der Waals surface area contributed by atoms with Gasteiger partial charge in [0.05, 0.1) is 28.0 Å². The fraction of sp³-hybridized carbons (Fsp3) is 0.143. The van der Waals surface area contributed by atoms with E-state index in [0.717, 1.165) is 15.2 Å². The number of fused-ring (bicyclic) bond motifs is 1. The Hall–Kier alpha value is -1.65. The summed E-state index contributed by atoms with van der Waals surface area (Å²) in [5, 5.41) is 4.27. The first-order valence-electron chi connectivity index (χ1n) is 3.60. The van der Waals surface area contributed by atoms with Crippen LogP contribution in [0.2, 0.25) is 0 Å². The topological polar surface area (TPSA) is 74.5 Å². The summed E-state index contributed by atoms with van der Waals surface area (Å²) in [7, 11) is 0. The van der Waals surface area contributed by atoms with Gasteiger partial charge in [0, 0.05) is 11.1 Å². The molecule has 0 amide bonds. The molecule has 0 aliphatic heterocycles. The molecule has 0 unspecified atom stereocenters. The molecule has 0 saturated carbocycles. The molecular weight excluding hydrogens is 186 g/mol. The highest BCUT2D eigenvalue weighted by molar-refractivity contribution is 7.18. The Balaban J connectivity index is 2.43. The van der Waals surface area contributed by atoms with E-state index in [4.69, 9.17) is 5.53 Å². The number of thiazole rings is 1. The standard InChI is InChI=1S/C7H5N5S/c8-12-10-4-7-11-5-3-9-2-1-6(5)13-7/h1-3H,4H2. The van der Waals surface area contributed by atoms with Crippen molar-refractivity contribution in [3.05, 3.63) is 33.9 Å². The van der Waals surface area contributed by atoms with Gasteiger partial charge in [0.2, 0.25) is 0 Å². The maximum Gasteiger partial charge on any atom is 0.0998 e. The van der Waals surface area contributed by atoms with E-state index in [1.807, 2.05) is 6.07 Å². The molecule has 2 aromatic rings. The van der Waals surface area contributed by atoms with Crippen molar-refractivity contribution in [1.29, 1.82) is 0 Å². The van der Waals surface area contributed by atoms with E-state index in [-0.39, 0.29) is 0 Å². The summed E-state index contributed by atoms with van der Waals surface area (Å²) in [5.74, 6) is 0. The lowest BCUT2D eigenvalue weighted by Crippen LogP contribution is -1.75. The van der Waals surface area contributed by atoms with E-state index < -0.39 is 0 Å². The first-order chi connectivity index (χ1) is 6.40. The summed E-state index contributed by atoms with van der Waals surface area (Å²) in [6, 6.07) is 1.90. The van der Waals surface area contributed by atoms with Gasteiger partial charge in [0.1, 0.15) is 0 Å². The third kappa shape index (κ3) is 1.58. The Kier molecular flexibility index (Phi) is 2.08. The predicted octanol–water partition coefficient (Wildman–Crippen LogP) is 2.50. The zero-order valence-electron chi connectivity index (χ0n) is 6.58. The molecule has 5 nitrogen and oxygen atoms in total. The SMILES string of the molecule is [N-]=[N+]=NCc1nc2cnccc2s1. The van der Waals surface area contributed by atoms with Crippen molar-refractivity contribution >= 4 is 21.6 Å². The fourth-order valence-corrected chi connectivity index (χ4v) is 1.84. The van der Waals surface area contributed by atoms with Crippen LogP contribution in [0.5, 0.6) is 0 Å². The highest BCUT2D eigenvalue weighted by atomic mass is 32.1. The van der Waals surface area contributed by atoms with Gasteiger partial charge in [-0.25, -0.2) is 4.98 Å². The zero-order valence-corrected chi connectivity index (χ0v) is 7.40. The maximum absolute atomic E-state index is 8.13. The van der Waals surface area contributed by atoms with Crippen molar-refractivity contribution in [3.63, 3.8) is 0 Å². The summed E-state index contributed by atoms with van der Waals surface area (Å²) in [5.41, 5.74) is 8.98. The number of aromatic nitrogens is 2. The van der Waals surface area contributed by atoms with Gasteiger partial charge in [-0.05, 0) is 11.6 Å². The number of hydrogen-bond donors (Lipinski definition) is 0. The van der Waals surface area contributed by atoms with Crippen LogP contribution < -0.4 is 0 Å². The molecule has 0 atom stereocenters. The first-order valence-corrected chi connectivity index (χ1v) is 4.42. The third-order valence-corrected chi connectivity index (χ3v) is 2.52. The highest BCUT2D eigenvalue weighted by Crippen LogP contribution is 2.20. The number of hydrogen-bond acceptors (Lipinski definition) is 4. The van der Waals surface area contributed by atoms with Crippen LogP contribution in [0.1, 0.15) is 5.01 Å². The molecule has 2 aromatic heterocycles. The second-order valence-corrected chi connectivity index (χ2v) is 3.46. The molecule has 0 aromatic carbocycles. The van der Waals surface area contributed by atoms with Gasteiger partial charge in [-0.15, -0.1) is 11.3 Å². The van der Waals surface area contributed by atoms with Crippen LogP contribution in [0.4, 0.5) is 0 Å². The normalized spacial score (nSPS) is 9.85. The van der Waals surface area contributed by atoms with Crippen molar-refractivity contribution in [3.8, 4) is 0 Å². The van der Waals surface area contributed by atoms with Gasteiger partial charge in [0.25, 0.3) is 0 Å². The van der Waals surface area contributed by atoms with E-state index in [2.05, 4.69) is 20.0 Å². The van der Waals surface area contributed by atoms with Crippen LogP contribution in [0.3, 0.4) is 0 Å². The molecule has 6 heteroatoms. The van der Waals surface area contributed by atoms with Crippen LogP contribution >= 0.6 is 11.3 Å². The molecular formula is C7H5N5S. The van der Waals surface area contributed by atoms with Crippen molar-refractivity contribution in [2.75, 3.05) is 0 Å². The zero-order chi connectivity index (χ0) is 9.10. The van der Waals surface area contributed by atoms with Crippen LogP contribution in [-0.4, -0.2) is 9.97 Å². The molecule has 0 radical (unpaired) electrons. The van der Waals surface area contributed by atoms with Crippen LogP contribution in [0, 0.1) is 0 Å². The third-order valence-electron chi connectivity index (χ3n) is 1.50. The molecule has 64 valence electrons. The Morgan fingerprint density at radius 1 is 1.62 bits per heavy atom. The van der Waals surface area contributed by atoms with Crippen LogP contribution in [0.25, 0.3) is 20.7 Å². The minimum absolute atomic E-state index is 0.315. The average molecular weight is 191 g/mol. The Bertz CT molecular complexity index is 437. The fourth-order valence-electron chi connectivity index (χ4n) is 0.987. The van der Waals surface area contributed by atoms with Crippen LogP contribution in [0.15, 0.2) is 23.6 Å². The number of pyridine rings is 1. The van der Waals surface area contributed by atoms with E-state index in [1.54, 1.807) is 12.4 Å². The molecule has 0 bridgehead atoms. The van der Waals surface area contributed by atoms with Gasteiger partial charge in [-0.1, -0.05) is 5.11 Å². The minimum Gasteiger partial charge on any atom is -0.262 e. The van der Waals surface area contributed by atoms with Gasteiger partial charge < -0.3 is 0 Å². The second kappa shape index (κ2) is 3.38. The monoisotopic (exact) mass is 191 g/mol. The second-order valence-electron chi connectivity index (χ2n) is 2.34. The summed E-state index contributed by atoms with van der Waals surface area (Å²) in [6.07, 6.45) is 3.42. The maximum atomic E-state index is 8.13. The van der Waals surface area contributed by atoms with Gasteiger partial charge >= 0.3 is 0 Å². The van der Waals surface area contributed by atoms with Crippen LogP contribution in [-0.2, 0) is 6.54 Å². The van der Waals surface area contributed by atoms with E-state index in [0.29, 0.717) is 6.54 Å². The molecule has 2 rings (SSSR count). The number of rotatable bonds is 2. The highest BCUT2D eigenvalue weighted by Gasteiger charge is 2.00. The number of nitrogens with zero attached hydrogens (tertiary/aromatic N) is 5. The van der Waals surface area contributed by atoms with E-state index >= 15 is 0 Å². The van der Waals surface area contributed by atoms with Crippen molar-refractivity contribution < 1.29 is 0 Å². The Morgan fingerprint density at radius 2 is 2.54 bits per heavy atom. The predicted molar refractivity (Wildman–Crippen MR) is 50.3 cm³/mol. The summed E-state index contributed by atoms with van der Waals surface area (Å²) in [6.45, 7) is 0.315. The lowest BCUT2D eigenvalue weighted by atomic mass is 10.5. The van der Waals surface area contributed by atoms with Crippen molar-refractivity contribution in [2.45, 2.75) is 6.54 Å². The molecule has 0 saturated heterocycles. The average Bonchev–Trinajstić information content (AvgIpc) is 2.57. The van der Waals surface area contributed by atoms with Gasteiger partial charge in [0.15, 0.2) is 0 Å². The molecule has 0 N–H and O–H groups in total. The Morgan fingerprint density at radius 3 is 3.31 bits per heavy atom. The minimum atomic E-state index is 0.315. The van der Waals surface area contributed by atoms with E-state index in [1.165, 1.54) is 11.3 Å². The molecule has 0 aliphatic carbocycles. The first kappa shape index (κ1) is 7.97. The van der Waals surface area contributed by atoms with Crippen molar-refractivity contribution in [2.24, 2.45) is 5.11 Å². The lowest BCUT2D eigenvalue weighted by molar-refractivity contribution is 1.03. The lowest BCUT2D eigenvalue weighted by Gasteiger charge is -1.80. The van der Waals surface area contributed by atoms with E-state index in [9.17, 15) is 0 Å². The van der Waals surface area contributed by atoms with Gasteiger partial charge in [-0.3, -0.25) is 4.98 Å². The summed E-state index contributed by atoms with van der Waals surface area (Å²) in [4.78, 5) is 10.9. The molecule has 0 fully saturated rings. The molecule has 0 spiro atoms. The molecule has 13 heavy (non-hydrogen) atoms. The number of azide groups is 1. The quantitative estimate of drug-likeness (QED) is 0.415. The smallest absolute Gasteiger partial charge is 0.0998 e.